The zero-order chi connectivity index (χ0) is 23.3. The van der Waals surface area contributed by atoms with Gasteiger partial charge in [-0.25, -0.2) is 14.2 Å². The summed E-state index contributed by atoms with van der Waals surface area (Å²) < 4.78 is 16.5. The topological polar surface area (TPSA) is 109 Å². The predicted octanol–water partition coefficient (Wildman–Crippen LogP) is 2.06. The quantitative estimate of drug-likeness (QED) is 0.621. The fourth-order valence-electron chi connectivity index (χ4n) is 4.91. The van der Waals surface area contributed by atoms with Gasteiger partial charge in [-0.05, 0) is 50.5 Å². The monoisotopic (exact) mass is 451 g/mol. The highest BCUT2D eigenvalue weighted by Crippen LogP contribution is 2.40. The Morgan fingerprint density at radius 3 is 2.79 bits per heavy atom. The average Bonchev–Trinajstić information content (AvgIpc) is 3.15. The lowest BCUT2D eigenvalue weighted by atomic mass is 9.86. The molecule has 2 aromatic heterocycles. The standard InChI is InChI=1S/C23H26FN7O2/c1-23-9-8-14(27-23)11-17(20(23)24)31(3)19-7-6-16(28-29-19)15-5-4-13(10-18(15)32)21-25-12-30(2)22(33)26-21/h4-7,10,12,14,17,20,27,32H,8-9,11H2,1-3H3/t14-,17-,20-,23+/m1/s1. The second-order valence-corrected chi connectivity index (χ2v) is 9.20. The molecule has 2 bridgehead atoms. The zero-order valence-corrected chi connectivity index (χ0v) is 18.7. The van der Waals surface area contributed by atoms with Crippen LogP contribution in [0.2, 0.25) is 0 Å². The molecular formula is C23H26FN7O2. The molecule has 2 N–H and O–H groups in total. The Morgan fingerprint density at radius 2 is 2.09 bits per heavy atom. The third-order valence-corrected chi connectivity index (χ3v) is 6.92. The van der Waals surface area contributed by atoms with Crippen LogP contribution in [-0.2, 0) is 7.05 Å². The lowest BCUT2D eigenvalue weighted by Gasteiger charge is -2.44. The fourth-order valence-corrected chi connectivity index (χ4v) is 4.91. The van der Waals surface area contributed by atoms with E-state index < -0.39 is 17.4 Å². The van der Waals surface area contributed by atoms with Gasteiger partial charge in [0.05, 0.1) is 11.7 Å². The highest BCUT2D eigenvalue weighted by atomic mass is 19.1. The largest absolute Gasteiger partial charge is 0.507 e. The summed E-state index contributed by atoms with van der Waals surface area (Å²) in [6.07, 6.45) is 2.93. The van der Waals surface area contributed by atoms with Crippen LogP contribution in [0.5, 0.6) is 5.75 Å². The molecule has 2 aliphatic rings. The molecule has 0 spiro atoms. The molecule has 0 radical (unpaired) electrons. The minimum atomic E-state index is -1.00. The van der Waals surface area contributed by atoms with Crippen LogP contribution in [0.15, 0.2) is 41.5 Å². The minimum Gasteiger partial charge on any atom is -0.507 e. The van der Waals surface area contributed by atoms with Crippen LogP contribution in [0.1, 0.15) is 26.2 Å². The summed E-state index contributed by atoms with van der Waals surface area (Å²) in [4.78, 5) is 21.7. The van der Waals surface area contributed by atoms with E-state index in [1.54, 1.807) is 31.3 Å². The van der Waals surface area contributed by atoms with Crippen molar-refractivity contribution in [1.29, 1.82) is 0 Å². The van der Waals surface area contributed by atoms with E-state index in [1.807, 2.05) is 18.9 Å². The van der Waals surface area contributed by atoms with Crippen molar-refractivity contribution < 1.29 is 9.50 Å². The molecule has 5 rings (SSSR count). The van der Waals surface area contributed by atoms with Crippen molar-refractivity contribution in [2.45, 2.75) is 50.0 Å². The number of anilines is 1. The number of hydrogen-bond acceptors (Lipinski definition) is 8. The van der Waals surface area contributed by atoms with Crippen molar-refractivity contribution >= 4 is 5.82 Å². The first-order valence-corrected chi connectivity index (χ1v) is 11.0. The maximum Gasteiger partial charge on any atom is 0.350 e. The number of alkyl halides is 1. The van der Waals surface area contributed by atoms with Crippen LogP contribution in [-0.4, -0.2) is 60.7 Å². The molecule has 4 atom stereocenters. The van der Waals surface area contributed by atoms with Crippen LogP contribution >= 0.6 is 0 Å². The summed E-state index contributed by atoms with van der Waals surface area (Å²) in [5, 5.41) is 22.6. The van der Waals surface area contributed by atoms with Crippen molar-refractivity contribution in [2.24, 2.45) is 7.05 Å². The van der Waals surface area contributed by atoms with Gasteiger partial charge in [0, 0.05) is 36.8 Å². The van der Waals surface area contributed by atoms with E-state index in [0.717, 1.165) is 19.3 Å². The number of rotatable bonds is 4. The summed E-state index contributed by atoms with van der Waals surface area (Å²) in [5.41, 5.74) is 0.562. The summed E-state index contributed by atoms with van der Waals surface area (Å²) in [6.45, 7) is 1.96. The first-order valence-electron chi connectivity index (χ1n) is 11.0. The third-order valence-electron chi connectivity index (χ3n) is 6.92. The molecule has 0 amide bonds. The van der Waals surface area contributed by atoms with Crippen LogP contribution < -0.4 is 15.9 Å². The van der Waals surface area contributed by atoms with Crippen molar-refractivity contribution in [3.8, 4) is 28.4 Å². The molecular weight excluding hydrogens is 425 g/mol. The number of aromatic nitrogens is 5. The van der Waals surface area contributed by atoms with Crippen molar-refractivity contribution in [2.75, 3.05) is 11.9 Å². The van der Waals surface area contributed by atoms with Crippen LogP contribution in [0.4, 0.5) is 10.2 Å². The van der Waals surface area contributed by atoms with Gasteiger partial charge in [-0.3, -0.25) is 4.57 Å². The Morgan fingerprint density at radius 1 is 1.27 bits per heavy atom. The van der Waals surface area contributed by atoms with Gasteiger partial charge in [0.2, 0.25) is 0 Å². The third kappa shape index (κ3) is 3.74. The molecule has 2 fully saturated rings. The van der Waals surface area contributed by atoms with Gasteiger partial charge in [0.15, 0.2) is 11.6 Å². The normalized spacial score (nSPS) is 26.4. The second kappa shape index (κ2) is 7.87. The number of halogens is 1. The molecule has 0 aliphatic carbocycles. The SMILES string of the molecule is CN(c1ccc(-c2ccc(-c3ncn(C)c(=O)n3)cc2O)nn1)[C@@H]1C[C@H]2CC[C@](C)(N2)[C@@H]1F. The van der Waals surface area contributed by atoms with Gasteiger partial charge in [-0.2, -0.15) is 4.98 Å². The highest BCUT2D eigenvalue weighted by Gasteiger charge is 2.51. The number of phenols is 1. The maximum atomic E-state index is 15.3. The van der Waals surface area contributed by atoms with Gasteiger partial charge in [-0.1, -0.05) is 6.07 Å². The highest BCUT2D eigenvalue weighted by molar-refractivity contribution is 5.72. The first kappa shape index (κ1) is 21.4. The van der Waals surface area contributed by atoms with Crippen molar-refractivity contribution in [1.82, 2.24) is 30.0 Å². The smallest absolute Gasteiger partial charge is 0.350 e. The molecule has 3 aromatic rings. The lowest BCUT2D eigenvalue weighted by Crippen LogP contribution is -2.62. The molecule has 33 heavy (non-hydrogen) atoms. The number of piperidine rings is 1. The molecule has 0 unspecified atom stereocenters. The second-order valence-electron chi connectivity index (χ2n) is 9.20. The maximum absolute atomic E-state index is 15.3. The number of phenolic OH excluding ortho intramolecular Hbond substituents is 1. The first-order chi connectivity index (χ1) is 15.7. The van der Waals surface area contributed by atoms with Gasteiger partial charge >= 0.3 is 5.69 Å². The lowest BCUT2D eigenvalue weighted by molar-refractivity contribution is 0.111. The molecule has 0 saturated carbocycles. The number of aromatic hydroxyl groups is 1. The molecule has 10 heteroatoms. The molecule has 4 heterocycles. The van der Waals surface area contributed by atoms with Gasteiger partial charge in [0.25, 0.3) is 0 Å². The Bertz CT molecular complexity index is 1250. The summed E-state index contributed by atoms with van der Waals surface area (Å²) in [7, 11) is 3.42. The summed E-state index contributed by atoms with van der Waals surface area (Å²) in [5.74, 6) is 0.785. The Balaban J connectivity index is 1.37. The van der Waals surface area contributed by atoms with E-state index in [1.165, 1.54) is 17.0 Å². The number of benzene rings is 1. The number of nitrogens with zero attached hydrogens (tertiary/aromatic N) is 6. The Hall–Kier alpha value is -3.40. The molecule has 1 aromatic carbocycles. The molecule has 9 nitrogen and oxygen atoms in total. The fraction of sp³-hybridized carbons (Fsp3) is 0.435. The number of aryl methyl sites for hydroxylation is 1. The Labute approximate surface area is 190 Å². The van der Waals surface area contributed by atoms with E-state index in [9.17, 15) is 9.90 Å². The average molecular weight is 452 g/mol. The zero-order valence-electron chi connectivity index (χ0n) is 18.7. The number of hydrogen-bond donors (Lipinski definition) is 2. The predicted molar refractivity (Wildman–Crippen MR) is 122 cm³/mol. The molecule has 2 aliphatic heterocycles. The summed E-state index contributed by atoms with van der Waals surface area (Å²) >= 11 is 0. The minimum absolute atomic E-state index is 0.0288. The van der Waals surface area contributed by atoms with E-state index in [-0.39, 0.29) is 17.6 Å². The van der Waals surface area contributed by atoms with Crippen molar-refractivity contribution in [3.63, 3.8) is 0 Å². The number of nitrogens with one attached hydrogen (secondary N) is 1. The number of fused-ring (bicyclic) bond motifs is 2. The molecule has 2 saturated heterocycles. The van der Waals surface area contributed by atoms with Gasteiger partial charge < -0.3 is 15.3 Å². The van der Waals surface area contributed by atoms with Gasteiger partial charge in [-0.15, -0.1) is 10.2 Å². The Kier molecular flexibility index (Phi) is 5.12. The van der Waals surface area contributed by atoms with E-state index >= 15 is 4.39 Å². The van der Waals surface area contributed by atoms with Gasteiger partial charge in [0.1, 0.15) is 18.2 Å². The van der Waals surface area contributed by atoms with Crippen LogP contribution in [0, 0.1) is 0 Å². The van der Waals surface area contributed by atoms with E-state index in [4.69, 9.17) is 0 Å². The van der Waals surface area contributed by atoms with E-state index in [0.29, 0.717) is 28.7 Å². The van der Waals surface area contributed by atoms with Crippen LogP contribution in [0.25, 0.3) is 22.6 Å². The summed E-state index contributed by atoms with van der Waals surface area (Å²) in [6, 6.07) is 8.49. The molecule has 172 valence electrons. The van der Waals surface area contributed by atoms with Crippen LogP contribution in [0.3, 0.4) is 0 Å². The van der Waals surface area contributed by atoms with E-state index in [2.05, 4.69) is 25.5 Å². The van der Waals surface area contributed by atoms with Crippen molar-refractivity contribution in [3.05, 3.63) is 47.1 Å².